The second-order valence-electron chi connectivity index (χ2n) is 8.03. The molecule has 2 heterocycles. The maximum absolute atomic E-state index is 13.5. The first kappa shape index (κ1) is 23.1. The zero-order valence-electron chi connectivity index (χ0n) is 18.2. The van der Waals surface area contributed by atoms with Gasteiger partial charge in [-0.05, 0) is 42.8 Å². The van der Waals surface area contributed by atoms with Gasteiger partial charge in [0.2, 0.25) is 10.0 Å². The molecule has 2 aromatic carbocycles. The summed E-state index contributed by atoms with van der Waals surface area (Å²) in [7, 11) is -3.87. The molecule has 1 fully saturated rings. The number of carbonyl (C=O) groups excluding carboxylic acids is 3. The van der Waals surface area contributed by atoms with Gasteiger partial charge in [-0.2, -0.15) is 4.31 Å². The second-order valence-corrected chi connectivity index (χ2v) is 9.97. The Hall–Kier alpha value is -3.11. The molecular formula is C23H24FN3O5S. The number of hydrogen-bond acceptors (Lipinski definition) is 5. The summed E-state index contributed by atoms with van der Waals surface area (Å²) < 4.78 is 40.2. The van der Waals surface area contributed by atoms with Crippen LogP contribution < -0.4 is 0 Å². The van der Waals surface area contributed by atoms with Crippen LogP contribution in [0.4, 0.5) is 4.39 Å². The Labute approximate surface area is 191 Å². The van der Waals surface area contributed by atoms with Crippen molar-refractivity contribution < 1.29 is 27.2 Å². The largest absolute Gasteiger partial charge is 0.336 e. The summed E-state index contributed by atoms with van der Waals surface area (Å²) in [6.45, 7) is 2.75. The lowest BCUT2D eigenvalue weighted by atomic mass is 10.0. The number of fused-ring (bicyclic) bond motifs is 1. The zero-order chi connectivity index (χ0) is 23.8. The molecule has 2 aliphatic rings. The van der Waals surface area contributed by atoms with E-state index >= 15 is 0 Å². The molecule has 3 amide bonds. The molecule has 0 N–H and O–H groups in total. The maximum atomic E-state index is 13.5. The van der Waals surface area contributed by atoms with Crippen molar-refractivity contribution in [3.05, 3.63) is 65.0 Å². The van der Waals surface area contributed by atoms with Crippen molar-refractivity contribution in [1.82, 2.24) is 14.1 Å². The molecule has 0 radical (unpaired) electrons. The Kier molecular flexibility index (Phi) is 6.31. The van der Waals surface area contributed by atoms with Crippen molar-refractivity contribution in [3.63, 3.8) is 0 Å². The van der Waals surface area contributed by atoms with Crippen molar-refractivity contribution in [2.45, 2.75) is 24.7 Å². The van der Waals surface area contributed by atoms with Gasteiger partial charge in [-0.1, -0.05) is 19.4 Å². The number of piperazine rings is 1. The summed E-state index contributed by atoms with van der Waals surface area (Å²) in [4.78, 5) is 40.7. The van der Waals surface area contributed by atoms with E-state index in [-0.39, 0.29) is 54.0 Å². The van der Waals surface area contributed by atoms with E-state index in [1.807, 2.05) is 6.92 Å². The smallest absolute Gasteiger partial charge is 0.261 e. The first-order valence-corrected chi connectivity index (χ1v) is 12.2. The molecule has 1 saturated heterocycles. The Balaban J connectivity index is 1.46. The third kappa shape index (κ3) is 4.28. The molecule has 33 heavy (non-hydrogen) atoms. The number of amides is 3. The van der Waals surface area contributed by atoms with Crippen molar-refractivity contribution in [2.24, 2.45) is 0 Å². The van der Waals surface area contributed by atoms with Crippen molar-refractivity contribution in [2.75, 3.05) is 32.7 Å². The molecule has 0 atom stereocenters. The topological polar surface area (TPSA) is 95.1 Å². The quantitative estimate of drug-likeness (QED) is 0.601. The van der Waals surface area contributed by atoms with Gasteiger partial charge in [0.1, 0.15) is 5.82 Å². The van der Waals surface area contributed by atoms with Crippen LogP contribution in [-0.2, 0) is 10.0 Å². The molecule has 2 aromatic rings. The van der Waals surface area contributed by atoms with Gasteiger partial charge < -0.3 is 4.90 Å². The average molecular weight is 474 g/mol. The van der Waals surface area contributed by atoms with Gasteiger partial charge in [-0.3, -0.25) is 19.3 Å². The Bertz CT molecular complexity index is 1220. The lowest BCUT2D eigenvalue weighted by Gasteiger charge is -2.34. The molecular weight excluding hydrogens is 449 g/mol. The van der Waals surface area contributed by atoms with E-state index in [0.717, 1.165) is 12.5 Å². The number of unbranched alkanes of at least 4 members (excludes halogenated alkanes) is 1. The zero-order valence-corrected chi connectivity index (χ0v) is 19.0. The lowest BCUT2D eigenvalue weighted by Crippen LogP contribution is -2.50. The predicted octanol–water partition coefficient (Wildman–Crippen LogP) is 2.37. The van der Waals surface area contributed by atoms with Gasteiger partial charge in [0, 0.05) is 38.3 Å². The van der Waals surface area contributed by atoms with Crippen LogP contribution in [0.5, 0.6) is 0 Å². The maximum Gasteiger partial charge on any atom is 0.261 e. The highest BCUT2D eigenvalue weighted by Gasteiger charge is 2.36. The fourth-order valence-electron chi connectivity index (χ4n) is 4.03. The summed E-state index contributed by atoms with van der Waals surface area (Å²) in [6.07, 6.45) is 1.55. The first-order chi connectivity index (χ1) is 15.7. The minimum Gasteiger partial charge on any atom is -0.336 e. The molecule has 0 aromatic heterocycles. The van der Waals surface area contributed by atoms with Crippen molar-refractivity contribution >= 4 is 27.7 Å². The minimum absolute atomic E-state index is 0.0672. The summed E-state index contributed by atoms with van der Waals surface area (Å²) in [5, 5.41) is 0. The molecule has 0 unspecified atom stereocenters. The number of imide groups is 1. The number of sulfonamides is 1. The molecule has 4 rings (SSSR count). The molecule has 0 bridgehead atoms. The van der Waals surface area contributed by atoms with E-state index in [2.05, 4.69) is 0 Å². The Morgan fingerprint density at radius 3 is 2.33 bits per heavy atom. The van der Waals surface area contributed by atoms with E-state index in [9.17, 15) is 27.2 Å². The molecule has 174 valence electrons. The van der Waals surface area contributed by atoms with E-state index in [1.54, 1.807) is 0 Å². The van der Waals surface area contributed by atoms with Crippen LogP contribution in [-0.4, -0.2) is 73.0 Å². The molecule has 10 heteroatoms. The second kappa shape index (κ2) is 9.03. The predicted molar refractivity (Wildman–Crippen MR) is 118 cm³/mol. The highest BCUT2D eigenvalue weighted by atomic mass is 32.2. The van der Waals surface area contributed by atoms with Crippen LogP contribution in [0.2, 0.25) is 0 Å². The number of carbonyl (C=O) groups is 3. The number of nitrogens with zero attached hydrogens (tertiary/aromatic N) is 3. The van der Waals surface area contributed by atoms with Crippen molar-refractivity contribution in [3.8, 4) is 0 Å². The van der Waals surface area contributed by atoms with Gasteiger partial charge in [-0.25, -0.2) is 12.8 Å². The van der Waals surface area contributed by atoms with Gasteiger partial charge in [-0.15, -0.1) is 0 Å². The standard InChI is InChI=1S/C23H24FN3O5S/c1-2-3-9-27-22(29)19-8-7-16(14-20(19)23(27)30)21(28)25-10-12-26(13-11-25)33(31,32)18-6-4-5-17(24)15-18/h4-8,14-15H,2-3,9-13H2,1H3. The fraction of sp³-hybridized carbons (Fsp3) is 0.348. The van der Waals surface area contributed by atoms with Crippen LogP contribution in [0.3, 0.4) is 0 Å². The van der Waals surface area contributed by atoms with Crippen molar-refractivity contribution in [1.29, 1.82) is 0 Å². The van der Waals surface area contributed by atoms with E-state index in [4.69, 9.17) is 0 Å². The fourth-order valence-corrected chi connectivity index (χ4v) is 5.49. The molecule has 0 saturated carbocycles. The van der Waals surface area contributed by atoms with Gasteiger partial charge in [0.15, 0.2) is 0 Å². The number of benzene rings is 2. The third-order valence-electron chi connectivity index (χ3n) is 5.91. The van der Waals surface area contributed by atoms with E-state index in [1.165, 1.54) is 50.5 Å². The van der Waals surface area contributed by atoms with Crippen LogP contribution in [0.15, 0.2) is 47.4 Å². The number of hydrogen-bond donors (Lipinski definition) is 0. The van der Waals surface area contributed by atoms with Gasteiger partial charge >= 0.3 is 0 Å². The van der Waals surface area contributed by atoms with Crippen LogP contribution in [0.25, 0.3) is 0 Å². The average Bonchev–Trinajstić information content (AvgIpc) is 3.06. The minimum atomic E-state index is -3.87. The summed E-state index contributed by atoms with van der Waals surface area (Å²) in [5.74, 6) is -1.72. The summed E-state index contributed by atoms with van der Waals surface area (Å²) in [6, 6.07) is 9.28. The van der Waals surface area contributed by atoms with E-state index in [0.29, 0.717) is 18.5 Å². The number of halogens is 1. The highest BCUT2D eigenvalue weighted by Crippen LogP contribution is 2.26. The van der Waals surface area contributed by atoms with Crippen LogP contribution in [0, 0.1) is 5.82 Å². The highest BCUT2D eigenvalue weighted by molar-refractivity contribution is 7.89. The third-order valence-corrected chi connectivity index (χ3v) is 7.81. The number of rotatable bonds is 6. The van der Waals surface area contributed by atoms with Gasteiger partial charge in [0.05, 0.1) is 16.0 Å². The van der Waals surface area contributed by atoms with E-state index < -0.39 is 21.7 Å². The van der Waals surface area contributed by atoms with Gasteiger partial charge in [0.25, 0.3) is 17.7 Å². The Morgan fingerprint density at radius 1 is 0.970 bits per heavy atom. The lowest BCUT2D eigenvalue weighted by molar-refractivity contribution is 0.0651. The summed E-state index contributed by atoms with van der Waals surface area (Å²) in [5.41, 5.74) is 0.779. The summed E-state index contributed by atoms with van der Waals surface area (Å²) >= 11 is 0. The molecule has 0 aliphatic carbocycles. The molecule has 2 aliphatic heterocycles. The van der Waals surface area contributed by atoms with Crippen LogP contribution >= 0.6 is 0 Å². The van der Waals surface area contributed by atoms with Crippen LogP contribution in [0.1, 0.15) is 50.8 Å². The monoisotopic (exact) mass is 473 g/mol. The Morgan fingerprint density at radius 2 is 1.67 bits per heavy atom. The molecule has 0 spiro atoms. The first-order valence-electron chi connectivity index (χ1n) is 10.8. The molecule has 8 nitrogen and oxygen atoms in total. The normalized spacial score (nSPS) is 16.9. The SMILES string of the molecule is CCCCN1C(=O)c2ccc(C(=O)N3CCN(S(=O)(=O)c4cccc(F)c4)CC3)cc2C1=O.